The van der Waals surface area contributed by atoms with Gasteiger partial charge >= 0.3 is 0 Å². The van der Waals surface area contributed by atoms with E-state index in [2.05, 4.69) is 5.32 Å². The summed E-state index contributed by atoms with van der Waals surface area (Å²) < 4.78 is 28.2. The van der Waals surface area contributed by atoms with E-state index < -0.39 is 15.7 Å². The highest BCUT2D eigenvalue weighted by atomic mass is 32.2. The van der Waals surface area contributed by atoms with E-state index in [0.29, 0.717) is 17.1 Å². The van der Waals surface area contributed by atoms with E-state index in [9.17, 15) is 13.2 Å². The van der Waals surface area contributed by atoms with Gasteiger partial charge in [-0.25, -0.2) is 8.42 Å². The summed E-state index contributed by atoms with van der Waals surface area (Å²) in [5.41, 5.74) is 6.81. The van der Waals surface area contributed by atoms with Crippen LogP contribution in [0.15, 0.2) is 47.4 Å². The molecule has 2 aromatic rings. The van der Waals surface area contributed by atoms with E-state index in [1.165, 1.54) is 31.4 Å². The van der Waals surface area contributed by atoms with E-state index >= 15 is 0 Å². The van der Waals surface area contributed by atoms with Crippen LogP contribution in [0.25, 0.3) is 0 Å². The molecule has 0 unspecified atom stereocenters. The Balaban J connectivity index is 2.32. The molecule has 1 amide bonds. The first-order valence-corrected chi connectivity index (χ1v) is 8.25. The number of hydrogen-bond donors (Lipinski definition) is 2. The maximum atomic E-state index is 12.3. The van der Waals surface area contributed by atoms with Crippen molar-refractivity contribution in [3.8, 4) is 5.75 Å². The molecule has 0 aliphatic heterocycles. The van der Waals surface area contributed by atoms with Crippen LogP contribution in [0.5, 0.6) is 5.75 Å². The van der Waals surface area contributed by atoms with Crippen LogP contribution >= 0.6 is 0 Å². The first kappa shape index (κ1) is 15.8. The predicted molar refractivity (Wildman–Crippen MR) is 84.9 cm³/mol. The molecule has 2 aromatic carbocycles. The fourth-order valence-corrected chi connectivity index (χ4v) is 2.55. The minimum atomic E-state index is -3.38. The Morgan fingerprint density at radius 3 is 2.55 bits per heavy atom. The highest BCUT2D eigenvalue weighted by molar-refractivity contribution is 7.90. The Morgan fingerprint density at radius 2 is 1.91 bits per heavy atom. The van der Waals surface area contributed by atoms with Crippen molar-refractivity contribution in [1.29, 1.82) is 0 Å². The van der Waals surface area contributed by atoms with Crippen molar-refractivity contribution in [2.45, 2.75) is 4.90 Å². The molecule has 6 nitrogen and oxygen atoms in total. The third kappa shape index (κ3) is 3.56. The lowest BCUT2D eigenvalue weighted by Crippen LogP contribution is -2.13. The zero-order valence-electron chi connectivity index (χ0n) is 12.2. The van der Waals surface area contributed by atoms with E-state index in [-0.39, 0.29) is 10.5 Å². The second-order valence-corrected chi connectivity index (χ2v) is 6.73. The molecule has 0 saturated carbocycles. The minimum absolute atomic E-state index is 0.0830. The number of nitrogens with two attached hydrogens (primary N) is 1. The normalized spacial score (nSPS) is 11.0. The summed E-state index contributed by atoms with van der Waals surface area (Å²) in [7, 11) is -1.90. The van der Waals surface area contributed by atoms with Gasteiger partial charge in [0.15, 0.2) is 9.84 Å². The Bertz CT molecular complexity index is 816. The highest BCUT2D eigenvalue weighted by Crippen LogP contribution is 2.27. The monoisotopic (exact) mass is 320 g/mol. The van der Waals surface area contributed by atoms with Crippen molar-refractivity contribution in [2.24, 2.45) is 0 Å². The van der Waals surface area contributed by atoms with E-state index in [4.69, 9.17) is 10.5 Å². The molecular weight excluding hydrogens is 304 g/mol. The number of carbonyl (C=O) groups excluding carboxylic acids is 1. The third-order valence-electron chi connectivity index (χ3n) is 3.00. The van der Waals surface area contributed by atoms with Crippen molar-refractivity contribution >= 4 is 27.1 Å². The van der Waals surface area contributed by atoms with E-state index in [1.54, 1.807) is 18.2 Å². The molecule has 0 heterocycles. The van der Waals surface area contributed by atoms with Gasteiger partial charge < -0.3 is 15.8 Å². The van der Waals surface area contributed by atoms with Gasteiger partial charge in [-0.05, 0) is 36.4 Å². The molecule has 0 aromatic heterocycles. The Hall–Kier alpha value is -2.54. The summed E-state index contributed by atoms with van der Waals surface area (Å²) in [4.78, 5) is 12.4. The fraction of sp³-hybridized carbons (Fsp3) is 0.133. The molecule has 0 aliphatic rings. The van der Waals surface area contributed by atoms with Crippen molar-refractivity contribution in [3.63, 3.8) is 0 Å². The number of benzene rings is 2. The van der Waals surface area contributed by atoms with Crippen molar-refractivity contribution in [3.05, 3.63) is 48.0 Å². The Kier molecular flexibility index (Phi) is 4.37. The van der Waals surface area contributed by atoms with Crippen LogP contribution in [0.3, 0.4) is 0 Å². The zero-order valence-corrected chi connectivity index (χ0v) is 13.0. The first-order valence-electron chi connectivity index (χ1n) is 6.36. The molecule has 0 saturated heterocycles. The van der Waals surface area contributed by atoms with Gasteiger partial charge in [-0.1, -0.05) is 6.07 Å². The van der Waals surface area contributed by atoms with Crippen LogP contribution in [0, 0.1) is 0 Å². The van der Waals surface area contributed by atoms with Crippen LogP contribution in [0.2, 0.25) is 0 Å². The lowest BCUT2D eigenvalue weighted by molar-refractivity contribution is 0.102. The summed E-state index contributed by atoms with van der Waals surface area (Å²) in [5, 5.41) is 2.66. The summed E-state index contributed by atoms with van der Waals surface area (Å²) in [6, 6.07) is 10.7. The summed E-state index contributed by atoms with van der Waals surface area (Å²) in [5.74, 6) is 0.0104. The highest BCUT2D eigenvalue weighted by Gasteiger charge is 2.13. The maximum absolute atomic E-state index is 12.3. The van der Waals surface area contributed by atoms with Gasteiger partial charge in [-0.2, -0.15) is 0 Å². The smallest absolute Gasteiger partial charge is 0.255 e. The molecule has 7 heteroatoms. The van der Waals surface area contributed by atoms with Gasteiger partial charge in [-0.3, -0.25) is 4.79 Å². The van der Waals surface area contributed by atoms with Crippen LogP contribution in [0.1, 0.15) is 10.4 Å². The summed E-state index contributed by atoms with van der Waals surface area (Å²) >= 11 is 0. The maximum Gasteiger partial charge on any atom is 0.255 e. The number of sulfone groups is 1. The van der Waals surface area contributed by atoms with Gasteiger partial charge in [0.2, 0.25) is 0 Å². The molecule has 0 aliphatic carbocycles. The number of anilines is 2. The van der Waals surface area contributed by atoms with Crippen molar-refractivity contribution in [2.75, 3.05) is 24.4 Å². The lowest BCUT2D eigenvalue weighted by atomic mass is 10.2. The molecule has 22 heavy (non-hydrogen) atoms. The molecule has 0 atom stereocenters. The number of carbonyl (C=O) groups is 1. The molecule has 0 spiro atoms. The van der Waals surface area contributed by atoms with E-state index in [1.807, 2.05) is 0 Å². The SMILES string of the molecule is COc1ccc(N)cc1NC(=O)c1cccc(S(C)(=O)=O)c1. The first-order chi connectivity index (χ1) is 10.3. The third-order valence-corrected chi connectivity index (χ3v) is 4.11. The molecule has 2 rings (SSSR count). The second-order valence-electron chi connectivity index (χ2n) is 4.71. The number of nitrogens with one attached hydrogen (secondary N) is 1. The van der Waals surface area contributed by atoms with E-state index in [0.717, 1.165) is 6.26 Å². The number of nitrogen functional groups attached to an aromatic ring is 1. The fourth-order valence-electron chi connectivity index (χ4n) is 1.89. The second kappa shape index (κ2) is 6.07. The van der Waals surface area contributed by atoms with Crippen LogP contribution in [-0.4, -0.2) is 27.7 Å². The van der Waals surface area contributed by atoms with Crippen molar-refractivity contribution in [1.82, 2.24) is 0 Å². The van der Waals surface area contributed by atoms with Crippen LogP contribution in [-0.2, 0) is 9.84 Å². The average Bonchev–Trinajstić information content (AvgIpc) is 2.47. The quantitative estimate of drug-likeness (QED) is 0.839. The standard InChI is InChI=1S/C15H16N2O4S/c1-21-14-7-6-11(16)9-13(14)17-15(18)10-4-3-5-12(8-10)22(2,19)20/h3-9H,16H2,1-2H3,(H,17,18). The number of rotatable bonds is 4. The number of methoxy groups -OCH3 is 1. The Morgan fingerprint density at radius 1 is 1.18 bits per heavy atom. The average molecular weight is 320 g/mol. The number of hydrogen-bond acceptors (Lipinski definition) is 5. The number of amides is 1. The van der Waals surface area contributed by atoms with Gasteiger partial charge in [0.05, 0.1) is 17.7 Å². The molecule has 0 fully saturated rings. The molecular formula is C15H16N2O4S. The van der Waals surface area contributed by atoms with Crippen molar-refractivity contribution < 1.29 is 17.9 Å². The zero-order chi connectivity index (χ0) is 16.3. The van der Waals surface area contributed by atoms with Gasteiger partial charge in [-0.15, -0.1) is 0 Å². The molecule has 3 N–H and O–H groups in total. The predicted octanol–water partition coefficient (Wildman–Crippen LogP) is 1.93. The molecule has 0 bridgehead atoms. The molecule has 116 valence electrons. The summed E-state index contributed by atoms with van der Waals surface area (Å²) in [6.07, 6.45) is 1.09. The van der Waals surface area contributed by atoms with Gasteiger partial charge in [0.25, 0.3) is 5.91 Å². The largest absolute Gasteiger partial charge is 0.495 e. The topological polar surface area (TPSA) is 98.5 Å². The van der Waals surface area contributed by atoms with Gasteiger partial charge in [0, 0.05) is 17.5 Å². The van der Waals surface area contributed by atoms with Gasteiger partial charge in [0.1, 0.15) is 5.75 Å². The number of ether oxygens (including phenoxy) is 1. The molecule has 0 radical (unpaired) electrons. The summed E-state index contributed by atoms with van der Waals surface area (Å²) in [6.45, 7) is 0. The lowest BCUT2D eigenvalue weighted by Gasteiger charge is -2.11. The minimum Gasteiger partial charge on any atom is -0.495 e. The Labute approximate surface area is 128 Å². The van der Waals surface area contributed by atoms with Crippen LogP contribution < -0.4 is 15.8 Å². The van der Waals surface area contributed by atoms with Crippen LogP contribution in [0.4, 0.5) is 11.4 Å².